The fourth-order valence-electron chi connectivity index (χ4n) is 2.99. The van der Waals surface area contributed by atoms with Crippen molar-refractivity contribution in [2.24, 2.45) is 0 Å². The lowest BCUT2D eigenvalue weighted by molar-refractivity contribution is -0.0448. The fraction of sp³-hybridized carbons (Fsp3) is 0.375. The zero-order valence-corrected chi connectivity index (χ0v) is 16.2. The first kappa shape index (κ1) is 20.0. The first-order chi connectivity index (χ1) is 12.6. The van der Waals surface area contributed by atoms with Gasteiger partial charge in [0, 0.05) is 35.2 Å². The van der Waals surface area contributed by atoms with Crippen LogP contribution in [0.5, 0.6) is 0 Å². The van der Waals surface area contributed by atoms with Crippen LogP contribution in [0, 0.1) is 0 Å². The Labute approximate surface area is 161 Å². The zero-order chi connectivity index (χ0) is 19.8. The van der Waals surface area contributed by atoms with Crippen LogP contribution in [0.3, 0.4) is 0 Å². The van der Waals surface area contributed by atoms with E-state index in [1.807, 2.05) is 6.07 Å². The molecule has 11 heteroatoms. The number of carbonyl (C=O) groups is 1. The highest BCUT2D eigenvalue weighted by Crippen LogP contribution is 2.25. The Balaban J connectivity index is 1.77. The largest absolute Gasteiger partial charge is 0.511 e. The van der Waals surface area contributed by atoms with E-state index >= 15 is 0 Å². The van der Waals surface area contributed by atoms with E-state index in [0.29, 0.717) is 30.5 Å². The summed E-state index contributed by atoms with van der Waals surface area (Å²) < 4.78 is 62.1. The van der Waals surface area contributed by atoms with E-state index in [2.05, 4.69) is 20.9 Å². The van der Waals surface area contributed by atoms with E-state index in [0.717, 1.165) is 9.86 Å². The lowest BCUT2D eigenvalue weighted by Crippen LogP contribution is -2.46. The second-order valence-corrected chi connectivity index (χ2v) is 8.83. The van der Waals surface area contributed by atoms with Gasteiger partial charge in [0.1, 0.15) is 0 Å². The molecule has 2 heterocycles. The summed E-state index contributed by atoms with van der Waals surface area (Å²) in [6, 6.07) is 6.42. The minimum Gasteiger partial charge on any atom is -0.334 e. The Morgan fingerprint density at radius 2 is 2.07 bits per heavy atom. The van der Waals surface area contributed by atoms with Crippen molar-refractivity contribution in [1.82, 2.24) is 14.6 Å². The van der Waals surface area contributed by atoms with Crippen molar-refractivity contribution in [3.63, 3.8) is 0 Å². The number of carbonyl (C=O) groups excluding carboxylic acids is 1. The predicted molar refractivity (Wildman–Crippen MR) is 96.5 cm³/mol. The molecule has 1 unspecified atom stereocenters. The molecule has 1 aromatic heterocycles. The molecule has 0 radical (unpaired) electrons. The summed E-state index contributed by atoms with van der Waals surface area (Å²) in [5, 5.41) is 0.740. The van der Waals surface area contributed by atoms with Crippen LogP contribution >= 0.6 is 15.9 Å². The van der Waals surface area contributed by atoms with Crippen molar-refractivity contribution >= 4 is 42.8 Å². The highest BCUT2D eigenvalue weighted by atomic mass is 79.9. The van der Waals surface area contributed by atoms with Gasteiger partial charge in [0.05, 0.1) is 11.1 Å². The number of rotatable bonds is 4. The summed E-state index contributed by atoms with van der Waals surface area (Å²) in [6.45, 7) is -0.145. The molecule has 27 heavy (non-hydrogen) atoms. The van der Waals surface area contributed by atoms with Gasteiger partial charge >= 0.3 is 15.5 Å². The second kappa shape index (κ2) is 7.36. The van der Waals surface area contributed by atoms with Gasteiger partial charge in [-0.25, -0.2) is 13.1 Å². The summed E-state index contributed by atoms with van der Waals surface area (Å²) in [4.78, 5) is 18.4. The average molecular weight is 466 g/mol. The van der Waals surface area contributed by atoms with Gasteiger partial charge in [0.2, 0.25) is 0 Å². The number of hydrogen-bond donors (Lipinski definition) is 1. The average Bonchev–Trinajstić information content (AvgIpc) is 3.06. The third-order valence-electron chi connectivity index (χ3n) is 4.34. The molecule has 1 N–H and O–H groups in total. The molecule has 0 saturated carbocycles. The summed E-state index contributed by atoms with van der Waals surface area (Å²) >= 11 is 3.34. The zero-order valence-electron chi connectivity index (χ0n) is 13.8. The van der Waals surface area contributed by atoms with E-state index in [1.54, 1.807) is 22.9 Å². The van der Waals surface area contributed by atoms with Crippen molar-refractivity contribution < 1.29 is 26.4 Å². The van der Waals surface area contributed by atoms with Gasteiger partial charge in [-0.15, -0.1) is 0 Å². The maximum absolute atomic E-state index is 12.8. The van der Waals surface area contributed by atoms with Crippen molar-refractivity contribution in [1.29, 1.82) is 0 Å². The Morgan fingerprint density at radius 3 is 2.78 bits per heavy atom. The molecule has 1 fully saturated rings. The molecular formula is C16H15BrF3N3O3S. The number of hydrogen-bond acceptors (Lipinski definition) is 4. The summed E-state index contributed by atoms with van der Waals surface area (Å²) in [7, 11) is -5.44. The topological polar surface area (TPSA) is 79.4 Å². The minimum atomic E-state index is -5.44. The Morgan fingerprint density at radius 1 is 1.33 bits per heavy atom. The van der Waals surface area contributed by atoms with Gasteiger partial charge < -0.3 is 4.90 Å². The number of nitrogens with zero attached hydrogens (tertiary/aromatic N) is 2. The number of fused-ring (bicyclic) bond motifs is 1. The monoisotopic (exact) mass is 465 g/mol. The number of pyridine rings is 1. The third-order valence-corrected chi connectivity index (χ3v) is 5.99. The first-order valence-electron chi connectivity index (χ1n) is 8.01. The second-order valence-electron chi connectivity index (χ2n) is 6.15. The van der Waals surface area contributed by atoms with Crippen molar-refractivity contribution in [3.05, 3.63) is 40.5 Å². The molecule has 0 bridgehead atoms. The molecule has 146 valence electrons. The molecular weight excluding hydrogens is 451 g/mol. The van der Waals surface area contributed by atoms with Crippen LogP contribution in [0.2, 0.25) is 0 Å². The predicted octanol–water partition coefficient (Wildman–Crippen LogP) is 3.04. The van der Waals surface area contributed by atoms with Gasteiger partial charge in [-0.05, 0) is 37.1 Å². The first-order valence-corrected chi connectivity index (χ1v) is 10.3. The van der Waals surface area contributed by atoms with Gasteiger partial charge in [-0.2, -0.15) is 13.2 Å². The van der Waals surface area contributed by atoms with E-state index in [4.69, 9.17) is 0 Å². The molecule has 1 aliphatic heterocycles. The van der Waals surface area contributed by atoms with Crippen molar-refractivity contribution in [2.75, 3.05) is 13.1 Å². The lowest BCUT2D eigenvalue weighted by Gasteiger charge is -2.25. The number of sulfonamides is 1. The molecule has 0 aliphatic carbocycles. The normalized spacial score (nSPS) is 18.2. The number of benzene rings is 1. The molecule has 6 nitrogen and oxygen atoms in total. The molecule has 1 aliphatic rings. The van der Waals surface area contributed by atoms with Crippen molar-refractivity contribution in [2.45, 2.75) is 24.4 Å². The van der Waals surface area contributed by atoms with Crippen LogP contribution in [0.4, 0.5) is 13.2 Å². The van der Waals surface area contributed by atoms with E-state index in [9.17, 15) is 26.4 Å². The number of nitrogens with one attached hydrogen (secondary N) is 1. The standard InChI is InChI=1S/C16H15BrF3N3O3S/c17-12-3-4-14-10(7-12)6-11(8-21-14)15(24)23-5-1-2-13(23)9-22-27(25,26)16(18,19)20/h3-4,6-8,13,22H,1-2,5,9H2. The summed E-state index contributed by atoms with van der Waals surface area (Å²) in [5.41, 5.74) is -4.38. The lowest BCUT2D eigenvalue weighted by atomic mass is 10.1. The van der Waals surface area contributed by atoms with Crippen LogP contribution in [0.25, 0.3) is 10.9 Å². The molecule has 1 saturated heterocycles. The van der Waals surface area contributed by atoms with Crippen LogP contribution in [0.15, 0.2) is 34.9 Å². The summed E-state index contributed by atoms with van der Waals surface area (Å²) in [5.74, 6) is -0.391. The molecule has 1 aromatic carbocycles. The minimum absolute atomic E-state index is 0.297. The van der Waals surface area contributed by atoms with Crippen LogP contribution in [0.1, 0.15) is 23.2 Å². The number of likely N-dealkylation sites (tertiary alicyclic amines) is 1. The molecule has 2 aromatic rings. The smallest absolute Gasteiger partial charge is 0.334 e. The molecule has 1 amide bonds. The SMILES string of the molecule is O=C(c1cnc2ccc(Br)cc2c1)N1CCCC1CNS(=O)(=O)C(F)(F)F. The Bertz CT molecular complexity index is 982. The number of aromatic nitrogens is 1. The third kappa shape index (κ3) is 4.25. The van der Waals surface area contributed by atoms with Gasteiger partial charge in [0.15, 0.2) is 0 Å². The highest BCUT2D eigenvalue weighted by Gasteiger charge is 2.46. The van der Waals surface area contributed by atoms with Crippen LogP contribution < -0.4 is 4.72 Å². The van der Waals surface area contributed by atoms with Crippen LogP contribution in [-0.2, 0) is 10.0 Å². The molecule has 3 rings (SSSR count). The number of halogens is 4. The molecule has 1 atom stereocenters. The van der Waals surface area contributed by atoms with E-state index in [-0.39, 0.29) is 0 Å². The highest BCUT2D eigenvalue weighted by molar-refractivity contribution is 9.10. The summed E-state index contributed by atoms with van der Waals surface area (Å²) in [6.07, 6.45) is 2.41. The fourth-order valence-corrected chi connectivity index (χ4v) is 3.94. The van der Waals surface area contributed by atoms with Crippen molar-refractivity contribution in [3.8, 4) is 0 Å². The Hall–Kier alpha value is -1.72. The number of alkyl halides is 3. The van der Waals surface area contributed by atoms with Crippen LogP contribution in [-0.4, -0.2) is 48.8 Å². The van der Waals surface area contributed by atoms with Gasteiger partial charge in [-0.1, -0.05) is 15.9 Å². The van der Waals surface area contributed by atoms with Gasteiger partial charge in [0.25, 0.3) is 5.91 Å². The number of amides is 1. The quantitative estimate of drug-likeness (QED) is 0.752. The maximum atomic E-state index is 12.8. The van der Waals surface area contributed by atoms with E-state index in [1.165, 1.54) is 11.1 Å². The Kier molecular flexibility index (Phi) is 5.46. The maximum Gasteiger partial charge on any atom is 0.511 e. The molecule has 0 spiro atoms. The van der Waals surface area contributed by atoms with E-state index < -0.39 is 34.0 Å². The van der Waals surface area contributed by atoms with Gasteiger partial charge in [-0.3, -0.25) is 9.78 Å².